The fraction of sp³-hybridized carbons (Fsp3) is 0.700. The van der Waals surface area contributed by atoms with Crippen LogP contribution in [0.25, 0.3) is 0 Å². The van der Waals surface area contributed by atoms with E-state index in [2.05, 4.69) is 24.6 Å². The van der Waals surface area contributed by atoms with Gasteiger partial charge in [-0.25, -0.2) is 13.1 Å². The molecule has 0 radical (unpaired) electrons. The average molecular weight is 382 g/mol. The van der Waals surface area contributed by atoms with Crippen LogP contribution in [0.5, 0.6) is 11.5 Å². The highest BCUT2D eigenvalue weighted by Gasteiger charge is 2.32. The maximum absolute atomic E-state index is 12.3. The Kier molecular flexibility index (Phi) is 6.13. The van der Waals surface area contributed by atoms with Crippen molar-refractivity contribution in [1.82, 2.24) is 4.72 Å². The van der Waals surface area contributed by atoms with Gasteiger partial charge in [0.15, 0.2) is 11.5 Å². The molecule has 1 aromatic carbocycles. The van der Waals surface area contributed by atoms with E-state index in [9.17, 15) is 8.42 Å². The largest absolute Gasteiger partial charge is 0.490 e. The van der Waals surface area contributed by atoms with Gasteiger partial charge in [-0.2, -0.15) is 0 Å². The Hall–Kier alpha value is -1.27. The van der Waals surface area contributed by atoms with Crippen LogP contribution in [0.15, 0.2) is 18.2 Å². The van der Waals surface area contributed by atoms with Gasteiger partial charge < -0.3 is 9.47 Å². The third kappa shape index (κ3) is 5.36. The Morgan fingerprint density at radius 2 is 1.92 bits per heavy atom. The third-order valence-corrected chi connectivity index (χ3v) is 6.59. The number of fused-ring (bicyclic) bond motifs is 1. The maximum Gasteiger partial charge on any atom is 0.211 e. The number of ether oxygens (including phenoxy) is 2. The Morgan fingerprint density at radius 1 is 1.19 bits per heavy atom. The highest BCUT2D eigenvalue weighted by Crippen LogP contribution is 2.41. The summed E-state index contributed by atoms with van der Waals surface area (Å²) in [6.45, 7) is 4.48. The summed E-state index contributed by atoms with van der Waals surface area (Å²) < 4.78 is 39.3. The molecule has 5 nitrogen and oxygen atoms in total. The van der Waals surface area contributed by atoms with E-state index in [-0.39, 0.29) is 17.4 Å². The molecule has 2 aliphatic rings. The number of nitrogens with one attached hydrogen (secondary N) is 1. The van der Waals surface area contributed by atoms with Crippen LogP contribution in [0.3, 0.4) is 0 Å². The summed E-state index contributed by atoms with van der Waals surface area (Å²) in [5, 5.41) is 0. The zero-order valence-corrected chi connectivity index (χ0v) is 16.7. The lowest BCUT2D eigenvalue weighted by atomic mass is 10.0. The Morgan fingerprint density at radius 3 is 2.65 bits per heavy atom. The van der Waals surface area contributed by atoms with Crippen molar-refractivity contribution in [3.63, 3.8) is 0 Å². The van der Waals surface area contributed by atoms with E-state index in [1.165, 1.54) is 12.8 Å². The second kappa shape index (κ2) is 8.17. The lowest BCUT2D eigenvalue weighted by Crippen LogP contribution is -2.36. The van der Waals surface area contributed by atoms with Crippen molar-refractivity contribution in [3.05, 3.63) is 23.8 Å². The minimum atomic E-state index is -3.24. The van der Waals surface area contributed by atoms with E-state index >= 15 is 0 Å². The molecular weight excluding hydrogens is 350 g/mol. The summed E-state index contributed by atoms with van der Waals surface area (Å²) in [4.78, 5) is 0. The number of benzene rings is 1. The van der Waals surface area contributed by atoms with Gasteiger partial charge in [-0.3, -0.25) is 0 Å². The van der Waals surface area contributed by atoms with Gasteiger partial charge in [0.2, 0.25) is 10.0 Å². The van der Waals surface area contributed by atoms with Gasteiger partial charge in [0.1, 0.15) is 5.60 Å². The maximum atomic E-state index is 12.3. The van der Waals surface area contributed by atoms with E-state index in [0.717, 1.165) is 43.4 Å². The lowest BCUT2D eigenvalue weighted by molar-refractivity contribution is 0.132. The lowest BCUT2D eigenvalue weighted by Gasteiger charge is -2.18. The van der Waals surface area contributed by atoms with Crippen LogP contribution < -0.4 is 14.2 Å². The molecule has 0 atom stereocenters. The first kappa shape index (κ1) is 19.5. The van der Waals surface area contributed by atoms with Gasteiger partial charge in [0.05, 0.1) is 12.4 Å². The standard InChI is InChI=1S/C20H31NO4S/c1-20(2)15-16-9-7-12-18(19(16)25-20)24-13-8-14-26(22,23)21-17-10-5-3-4-6-11-17/h7,9,12,17,21H,3-6,8,10-11,13-15H2,1-2H3. The normalized spacial score (nSPS) is 20.2. The van der Waals surface area contributed by atoms with Crippen molar-refractivity contribution in [3.8, 4) is 11.5 Å². The predicted octanol–water partition coefficient (Wildman–Crippen LogP) is 3.81. The first-order chi connectivity index (χ1) is 12.3. The van der Waals surface area contributed by atoms with Crippen LogP contribution in [-0.4, -0.2) is 32.4 Å². The van der Waals surface area contributed by atoms with Gasteiger partial charge in [0.25, 0.3) is 0 Å². The first-order valence-corrected chi connectivity index (χ1v) is 11.4. The summed E-state index contributed by atoms with van der Waals surface area (Å²) in [6.07, 6.45) is 7.91. The van der Waals surface area contributed by atoms with E-state index in [4.69, 9.17) is 9.47 Å². The molecule has 0 aromatic heterocycles. The number of para-hydroxylation sites is 1. The molecule has 1 N–H and O–H groups in total. The average Bonchev–Trinajstić information content (AvgIpc) is 2.71. The SMILES string of the molecule is CC1(C)Cc2cccc(OCCCS(=O)(=O)NC3CCCCCC3)c2O1. The molecule has 1 heterocycles. The second-order valence-corrected chi connectivity index (χ2v) is 9.98. The molecule has 0 bridgehead atoms. The van der Waals surface area contributed by atoms with Crippen molar-refractivity contribution in [2.45, 2.75) is 76.9 Å². The smallest absolute Gasteiger partial charge is 0.211 e. The van der Waals surface area contributed by atoms with Crippen molar-refractivity contribution in [2.75, 3.05) is 12.4 Å². The third-order valence-electron chi connectivity index (χ3n) is 5.07. The first-order valence-electron chi connectivity index (χ1n) is 9.78. The van der Waals surface area contributed by atoms with Crippen molar-refractivity contribution >= 4 is 10.0 Å². The zero-order chi connectivity index (χ0) is 18.6. The van der Waals surface area contributed by atoms with E-state index in [0.29, 0.717) is 18.8 Å². The second-order valence-electron chi connectivity index (χ2n) is 8.11. The number of hydrogen-bond donors (Lipinski definition) is 1. The van der Waals surface area contributed by atoms with Crippen LogP contribution in [0.4, 0.5) is 0 Å². The molecule has 1 saturated carbocycles. The summed E-state index contributed by atoms with van der Waals surface area (Å²) in [5.74, 6) is 1.62. The van der Waals surface area contributed by atoms with Crippen LogP contribution in [0.2, 0.25) is 0 Å². The van der Waals surface area contributed by atoms with Gasteiger partial charge in [-0.15, -0.1) is 0 Å². The highest BCUT2D eigenvalue weighted by molar-refractivity contribution is 7.89. The minimum Gasteiger partial charge on any atom is -0.490 e. The highest BCUT2D eigenvalue weighted by atomic mass is 32.2. The molecule has 0 unspecified atom stereocenters. The van der Waals surface area contributed by atoms with E-state index in [1.54, 1.807) is 0 Å². The molecule has 26 heavy (non-hydrogen) atoms. The molecule has 146 valence electrons. The molecule has 0 saturated heterocycles. The topological polar surface area (TPSA) is 64.6 Å². The van der Waals surface area contributed by atoms with Gasteiger partial charge in [0, 0.05) is 18.0 Å². The van der Waals surface area contributed by atoms with Gasteiger partial charge >= 0.3 is 0 Å². The van der Waals surface area contributed by atoms with E-state index in [1.807, 2.05) is 12.1 Å². The van der Waals surface area contributed by atoms with Crippen LogP contribution in [0.1, 0.15) is 64.4 Å². The zero-order valence-electron chi connectivity index (χ0n) is 15.9. The van der Waals surface area contributed by atoms with Crippen molar-refractivity contribution in [1.29, 1.82) is 0 Å². The van der Waals surface area contributed by atoms with Gasteiger partial charge in [-0.05, 0) is 39.2 Å². The number of sulfonamides is 1. The van der Waals surface area contributed by atoms with Gasteiger partial charge in [-0.1, -0.05) is 37.8 Å². The number of hydrogen-bond acceptors (Lipinski definition) is 4. The Labute approximate surface area is 157 Å². The summed E-state index contributed by atoms with van der Waals surface area (Å²) >= 11 is 0. The molecule has 1 aliphatic carbocycles. The summed E-state index contributed by atoms with van der Waals surface area (Å²) in [7, 11) is -3.24. The minimum absolute atomic E-state index is 0.102. The Bertz CT molecular complexity index is 707. The summed E-state index contributed by atoms with van der Waals surface area (Å²) in [6, 6.07) is 6.01. The molecule has 3 rings (SSSR count). The predicted molar refractivity (Wildman–Crippen MR) is 103 cm³/mol. The molecule has 1 aromatic rings. The fourth-order valence-electron chi connectivity index (χ4n) is 3.84. The van der Waals surface area contributed by atoms with E-state index < -0.39 is 10.0 Å². The monoisotopic (exact) mass is 381 g/mol. The molecule has 1 aliphatic heterocycles. The summed E-state index contributed by atoms with van der Waals surface area (Å²) in [5.41, 5.74) is 0.934. The quantitative estimate of drug-likeness (QED) is 0.576. The van der Waals surface area contributed by atoms with Crippen LogP contribution in [0, 0.1) is 0 Å². The van der Waals surface area contributed by atoms with Crippen LogP contribution >= 0.6 is 0 Å². The molecular formula is C20H31NO4S. The molecule has 0 amide bonds. The molecule has 6 heteroatoms. The molecule has 1 fully saturated rings. The van der Waals surface area contributed by atoms with Crippen LogP contribution in [-0.2, 0) is 16.4 Å². The Balaban J connectivity index is 1.46. The fourth-order valence-corrected chi connectivity index (χ4v) is 5.20. The van der Waals surface area contributed by atoms with Crippen molar-refractivity contribution in [2.24, 2.45) is 0 Å². The molecule has 0 spiro atoms. The number of rotatable bonds is 7. The van der Waals surface area contributed by atoms with Crippen molar-refractivity contribution < 1.29 is 17.9 Å².